The van der Waals surface area contributed by atoms with Crippen LogP contribution in [0.5, 0.6) is 0 Å². The molecule has 1 saturated heterocycles. The highest BCUT2D eigenvalue weighted by molar-refractivity contribution is 5.77. The molecular weight excluding hydrogens is 329 g/mol. The van der Waals surface area contributed by atoms with Gasteiger partial charge >= 0.3 is 6.18 Å². The molecule has 9 heteroatoms. The predicted octanol–water partition coefficient (Wildman–Crippen LogP) is 0.880. The molecule has 0 aromatic carbocycles. The van der Waals surface area contributed by atoms with Crippen molar-refractivity contribution in [2.45, 2.75) is 63.0 Å². The fraction of sp³-hybridized carbons (Fsp3) is 0.867. The van der Waals surface area contributed by atoms with Crippen LogP contribution in [0.15, 0.2) is 0 Å². The van der Waals surface area contributed by atoms with Gasteiger partial charge in [0.1, 0.15) is 12.6 Å². The maximum Gasteiger partial charge on any atom is 0.405 e. The van der Waals surface area contributed by atoms with E-state index in [1.165, 1.54) is 0 Å². The van der Waals surface area contributed by atoms with Gasteiger partial charge in [0.25, 0.3) is 0 Å². The molecule has 24 heavy (non-hydrogen) atoms. The Labute approximate surface area is 138 Å². The molecule has 1 saturated carbocycles. The summed E-state index contributed by atoms with van der Waals surface area (Å²) in [7, 11) is 0. The van der Waals surface area contributed by atoms with Crippen LogP contribution in [0, 0.1) is 5.92 Å². The molecule has 1 aliphatic carbocycles. The van der Waals surface area contributed by atoms with Gasteiger partial charge in [-0.1, -0.05) is 0 Å². The first kappa shape index (κ1) is 19.0. The highest BCUT2D eigenvalue weighted by Gasteiger charge is 2.34. The number of hydrogen-bond donors (Lipinski definition) is 3. The summed E-state index contributed by atoms with van der Waals surface area (Å²) in [5.41, 5.74) is 0. The van der Waals surface area contributed by atoms with E-state index in [1.54, 1.807) is 5.32 Å². The number of carbonyl (C=O) groups excluding carboxylic acids is 2. The van der Waals surface area contributed by atoms with E-state index in [-0.39, 0.29) is 25.0 Å². The minimum Gasteiger partial charge on any atom is -0.394 e. The molecule has 138 valence electrons. The second-order valence-electron chi connectivity index (χ2n) is 6.47. The van der Waals surface area contributed by atoms with Gasteiger partial charge in [-0.05, 0) is 31.6 Å². The molecule has 0 bridgehead atoms. The topological polar surface area (TPSA) is 87.7 Å². The summed E-state index contributed by atoms with van der Waals surface area (Å²) in [5.74, 6) is -0.372. The molecule has 6 nitrogen and oxygen atoms in total. The Bertz CT molecular complexity index is 454. The summed E-state index contributed by atoms with van der Waals surface area (Å²) < 4.78 is 41.7. The number of nitrogens with one attached hydrogen (secondary N) is 2. The Morgan fingerprint density at radius 3 is 2.38 bits per heavy atom. The SMILES string of the molecule is O=C(C[C@H]1CC[C@@H](NC(=O)CC2CC2)[C@@H](CO)O1)NCC(F)(F)F. The molecule has 3 atom stereocenters. The standard InChI is InChI=1S/C15H23F3N2O4/c16-15(17,18)8-19-13(22)6-10-3-4-11(12(7-21)24-10)20-14(23)5-9-1-2-9/h9-12,21H,1-8H2,(H,19,22)(H,20,23)/t10-,11-,12-/m1/s1. The fourth-order valence-corrected chi connectivity index (χ4v) is 2.77. The van der Waals surface area contributed by atoms with E-state index in [9.17, 15) is 27.9 Å². The number of aliphatic hydroxyl groups is 1. The van der Waals surface area contributed by atoms with E-state index in [0.29, 0.717) is 25.2 Å². The zero-order valence-corrected chi connectivity index (χ0v) is 13.3. The first-order valence-electron chi connectivity index (χ1n) is 8.16. The molecule has 2 fully saturated rings. The number of ether oxygens (including phenoxy) is 1. The summed E-state index contributed by atoms with van der Waals surface area (Å²) in [6.07, 6.45) is -2.32. The van der Waals surface area contributed by atoms with Gasteiger partial charge < -0.3 is 20.5 Å². The van der Waals surface area contributed by atoms with Gasteiger partial charge in [0.15, 0.2) is 0 Å². The van der Waals surface area contributed by atoms with E-state index in [0.717, 1.165) is 12.8 Å². The average molecular weight is 352 g/mol. The number of halogens is 3. The maximum atomic E-state index is 12.1. The third-order valence-electron chi connectivity index (χ3n) is 4.21. The van der Waals surface area contributed by atoms with Crippen molar-refractivity contribution in [3.8, 4) is 0 Å². The average Bonchev–Trinajstić information content (AvgIpc) is 3.30. The molecule has 3 N–H and O–H groups in total. The van der Waals surface area contributed by atoms with Gasteiger partial charge in [-0.15, -0.1) is 0 Å². The van der Waals surface area contributed by atoms with Gasteiger partial charge in [-0.3, -0.25) is 9.59 Å². The summed E-state index contributed by atoms with van der Waals surface area (Å²) in [6.45, 7) is -1.70. The Hall–Kier alpha value is -1.35. The van der Waals surface area contributed by atoms with E-state index in [1.807, 2.05) is 0 Å². The first-order chi connectivity index (χ1) is 11.3. The summed E-state index contributed by atoms with van der Waals surface area (Å²) in [4.78, 5) is 23.4. The number of carbonyl (C=O) groups is 2. The summed E-state index contributed by atoms with van der Waals surface area (Å²) >= 11 is 0. The van der Waals surface area contributed by atoms with Gasteiger partial charge in [0.2, 0.25) is 11.8 Å². The molecule has 0 unspecified atom stereocenters. The molecule has 2 aliphatic rings. The lowest BCUT2D eigenvalue weighted by Gasteiger charge is -2.36. The number of alkyl halides is 3. The molecule has 2 amide bonds. The monoisotopic (exact) mass is 352 g/mol. The number of hydrogen-bond acceptors (Lipinski definition) is 4. The van der Waals surface area contributed by atoms with Crippen molar-refractivity contribution in [1.29, 1.82) is 0 Å². The van der Waals surface area contributed by atoms with E-state index in [4.69, 9.17) is 4.74 Å². The number of rotatable bonds is 7. The van der Waals surface area contributed by atoms with Crippen molar-refractivity contribution in [3.05, 3.63) is 0 Å². The molecule has 0 aromatic rings. The van der Waals surface area contributed by atoms with Crippen LogP contribution in [0.1, 0.15) is 38.5 Å². The zero-order chi connectivity index (χ0) is 17.7. The van der Waals surface area contributed by atoms with E-state index >= 15 is 0 Å². The van der Waals surface area contributed by atoms with Crippen molar-refractivity contribution in [1.82, 2.24) is 10.6 Å². The summed E-state index contributed by atoms with van der Waals surface area (Å²) in [5, 5.41) is 14.0. The predicted molar refractivity (Wildman–Crippen MR) is 77.9 cm³/mol. The highest BCUT2D eigenvalue weighted by atomic mass is 19.4. The smallest absolute Gasteiger partial charge is 0.394 e. The molecule has 1 aliphatic heterocycles. The lowest BCUT2D eigenvalue weighted by atomic mass is 9.96. The van der Waals surface area contributed by atoms with Crippen LogP contribution < -0.4 is 10.6 Å². The Balaban J connectivity index is 1.74. The first-order valence-corrected chi connectivity index (χ1v) is 8.16. The van der Waals surface area contributed by atoms with Crippen LogP contribution in [0.2, 0.25) is 0 Å². The molecular formula is C15H23F3N2O4. The third kappa shape index (κ3) is 6.64. The van der Waals surface area contributed by atoms with Crippen molar-refractivity contribution >= 4 is 11.8 Å². The van der Waals surface area contributed by atoms with Crippen molar-refractivity contribution in [2.24, 2.45) is 5.92 Å². The van der Waals surface area contributed by atoms with Crippen LogP contribution >= 0.6 is 0 Å². The van der Waals surface area contributed by atoms with Gasteiger partial charge in [0.05, 0.1) is 25.2 Å². The lowest BCUT2D eigenvalue weighted by Crippen LogP contribution is -2.51. The van der Waals surface area contributed by atoms with Crippen molar-refractivity contribution in [2.75, 3.05) is 13.2 Å². The van der Waals surface area contributed by atoms with Crippen molar-refractivity contribution in [3.63, 3.8) is 0 Å². The number of amides is 2. The van der Waals surface area contributed by atoms with Crippen molar-refractivity contribution < 1.29 is 32.6 Å². The Morgan fingerprint density at radius 2 is 1.79 bits per heavy atom. The summed E-state index contributed by atoms with van der Waals surface area (Å²) in [6, 6.07) is -0.337. The zero-order valence-electron chi connectivity index (χ0n) is 13.3. The van der Waals surface area contributed by atoms with Crippen LogP contribution in [0.4, 0.5) is 13.2 Å². The van der Waals surface area contributed by atoms with Gasteiger partial charge in [-0.2, -0.15) is 13.2 Å². The molecule has 2 rings (SSSR count). The highest BCUT2D eigenvalue weighted by Crippen LogP contribution is 2.32. The largest absolute Gasteiger partial charge is 0.405 e. The van der Waals surface area contributed by atoms with Crippen LogP contribution in [-0.2, 0) is 14.3 Å². The minimum atomic E-state index is -4.45. The van der Waals surface area contributed by atoms with Crippen LogP contribution in [0.25, 0.3) is 0 Å². The third-order valence-corrected chi connectivity index (χ3v) is 4.21. The minimum absolute atomic E-state index is 0.0779. The molecule has 0 radical (unpaired) electrons. The second kappa shape index (κ2) is 8.15. The second-order valence-corrected chi connectivity index (χ2v) is 6.47. The molecule has 0 spiro atoms. The lowest BCUT2D eigenvalue weighted by molar-refractivity contribution is -0.144. The van der Waals surface area contributed by atoms with Crippen LogP contribution in [0.3, 0.4) is 0 Å². The van der Waals surface area contributed by atoms with Gasteiger partial charge in [0, 0.05) is 6.42 Å². The quantitative estimate of drug-likeness (QED) is 0.635. The Morgan fingerprint density at radius 1 is 1.08 bits per heavy atom. The molecule has 0 aromatic heterocycles. The Kier molecular flexibility index (Phi) is 6.45. The number of aliphatic hydroxyl groups excluding tert-OH is 1. The van der Waals surface area contributed by atoms with Crippen LogP contribution in [-0.4, -0.2) is 54.5 Å². The van der Waals surface area contributed by atoms with Gasteiger partial charge in [-0.25, -0.2) is 0 Å². The maximum absolute atomic E-state index is 12.1. The van der Waals surface area contributed by atoms with E-state index < -0.39 is 30.8 Å². The molecule has 1 heterocycles. The fourth-order valence-electron chi connectivity index (χ4n) is 2.77. The van der Waals surface area contributed by atoms with E-state index in [2.05, 4.69) is 5.32 Å². The normalized spacial score (nSPS) is 27.6.